The molecule has 1 saturated carbocycles. The minimum atomic E-state index is 0.204. The second-order valence-electron chi connectivity index (χ2n) is 5.59. The molecule has 0 atom stereocenters. The van der Waals surface area contributed by atoms with E-state index in [9.17, 15) is 4.79 Å². The van der Waals surface area contributed by atoms with Gasteiger partial charge >= 0.3 is 0 Å². The fourth-order valence-corrected chi connectivity index (χ4v) is 2.81. The lowest BCUT2D eigenvalue weighted by Gasteiger charge is -2.23. The number of nitrogens with zero attached hydrogens (tertiary/aromatic N) is 1. The van der Waals surface area contributed by atoms with E-state index in [2.05, 4.69) is 0 Å². The van der Waals surface area contributed by atoms with Crippen LogP contribution >= 0.6 is 0 Å². The molecule has 2 rings (SSSR count). The second-order valence-corrected chi connectivity index (χ2v) is 5.59. The fourth-order valence-electron chi connectivity index (χ4n) is 2.81. The zero-order chi connectivity index (χ0) is 13.7. The van der Waals surface area contributed by atoms with Crippen molar-refractivity contribution in [3.63, 3.8) is 0 Å². The molecule has 1 amide bonds. The molecule has 1 fully saturated rings. The van der Waals surface area contributed by atoms with Crippen LogP contribution in [0.1, 0.15) is 44.9 Å². The summed E-state index contributed by atoms with van der Waals surface area (Å²) in [5.41, 5.74) is 7.30. The summed E-state index contributed by atoms with van der Waals surface area (Å²) in [4.78, 5) is 13.9. The number of benzene rings is 1. The summed E-state index contributed by atoms with van der Waals surface area (Å²) in [7, 11) is 1.84. The van der Waals surface area contributed by atoms with Crippen molar-refractivity contribution >= 4 is 17.3 Å². The Hall–Kier alpha value is -1.51. The molecule has 1 aliphatic carbocycles. The Balaban J connectivity index is 1.83. The fraction of sp³-hybridized carbons (Fsp3) is 0.562. The third-order valence-electron chi connectivity index (χ3n) is 4.15. The molecule has 1 aromatic carbocycles. The van der Waals surface area contributed by atoms with Gasteiger partial charge in [0.05, 0.1) is 0 Å². The van der Waals surface area contributed by atoms with Crippen molar-refractivity contribution in [1.29, 1.82) is 0 Å². The number of carbonyl (C=O) groups is 1. The molecule has 2 N–H and O–H groups in total. The van der Waals surface area contributed by atoms with Gasteiger partial charge in [-0.1, -0.05) is 32.1 Å². The van der Waals surface area contributed by atoms with E-state index in [1.165, 1.54) is 32.1 Å². The van der Waals surface area contributed by atoms with Gasteiger partial charge in [-0.25, -0.2) is 0 Å². The molecular formula is C16H24N2O. The Kier molecular flexibility index (Phi) is 4.83. The lowest BCUT2D eigenvalue weighted by Crippen LogP contribution is -2.26. The van der Waals surface area contributed by atoms with Gasteiger partial charge < -0.3 is 10.6 Å². The highest BCUT2D eigenvalue weighted by molar-refractivity contribution is 5.92. The highest BCUT2D eigenvalue weighted by atomic mass is 16.2. The van der Waals surface area contributed by atoms with Crippen LogP contribution in [0.4, 0.5) is 11.4 Å². The molecule has 0 unspecified atom stereocenters. The van der Waals surface area contributed by atoms with Gasteiger partial charge in [0.15, 0.2) is 0 Å². The highest BCUT2D eigenvalue weighted by Gasteiger charge is 2.17. The quantitative estimate of drug-likeness (QED) is 0.841. The standard InChI is InChI=1S/C16H24N2O/c1-18(15-10-8-14(17)9-11-15)16(19)12-7-13-5-3-2-4-6-13/h8-11,13H,2-7,12,17H2,1H3. The number of nitrogen functional groups attached to an aromatic ring is 1. The second kappa shape index (κ2) is 6.60. The summed E-state index contributed by atoms with van der Waals surface area (Å²) in [5, 5.41) is 0. The normalized spacial score (nSPS) is 16.3. The third kappa shape index (κ3) is 3.98. The van der Waals surface area contributed by atoms with E-state index in [0.29, 0.717) is 6.42 Å². The lowest BCUT2D eigenvalue weighted by atomic mass is 9.86. The van der Waals surface area contributed by atoms with Crippen molar-refractivity contribution in [2.45, 2.75) is 44.9 Å². The van der Waals surface area contributed by atoms with Crippen molar-refractivity contribution in [2.75, 3.05) is 17.7 Å². The SMILES string of the molecule is CN(C(=O)CCC1CCCCC1)c1ccc(N)cc1. The number of nitrogens with two attached hydrogens (primary N) is 1. The summed E-state index contributed by atoms with van der Waals surface area (Å²) in [6, 6.07) is 7.46. The van der Waals surface area contributed by atoms with Crippen LogP contribution in [0.3, 0.4) is 0 Å². The van der Waals surface area contributed by atoms with E-state index in [-0.39, 0.29) is 5.91 Å². The van der Waals surface area contributed by atoms with E-state index < -0.39 is 0 Å². The average molecular weight is 260 g/mol. The van der Waals surface area contributed by atoms with Crippen LogP contribution in [-0.4, -0.2) is 13.0 Å². The van der Waals surface area contributed by atoms with Gasteiger partial charge in [0.1, 0.15) is 0 Å². The molecule has 0 heterocycles. The molecule has 0 bridgehead atoms. The third-order valence-corrected chi connectivity index (χ3v) is 4.15. The monoisotopic (exact) mass is 260 g/mol. The summed E-state index contributed by atoms with van der Waals surface area (Å²) < 4.78 is 0. The maximum atomic E-state index is 12.2. The maximum Gasteiger partial charge on any atom is 0.226 e. The van der Waals surface area contributed by atoms with E-state index in [4.69, 9.17) is 5.73 Å². The average Bonchev–Trinajstić information content (AvgIpc) is 2.46. The van der Waals surface area contributed by atoms with E-state index >= 15 is 0 Å². The molecule has 0 spiro atoms. The Morgan fingerprint density at radius 3 is 2.47 bits per heavy atom. The lowest BCUT2D eigenvalue weighted by molar-refractivity contribution is -0.118. The summed E-state index contributed by atoms with van der Waals surface area (Å²) in [6.45, 7) is 0. The smallest absolute Gasteiger partial charge is 0.226 e. The van der Waals surface area contributed by atoms with Crippen LogP contribution in [0, 0.1) is 5.92 Å². The van der Waals surface area contributed by atoms with Crippen molar-refractivity contribution in [3.8, 4) is 0 Å². The maximum absolute atomic E-state index is 12.2. The summed E-state index contributed by atoms with van der Waals surface area (Å²) in [6.07, 6.45) is 8.36. The van der Waals surface area contributed by atoms with Crippen LogP contribution < -0.4 is 10.6 Å². The van der Waals surface area contributed by atoms with Crippen molar-refractivity contribution in [1.82, 2.24) is 0 Å². The van der Waals surface area contributed by atoms with Gasteiger partial charge in [-0.3, -0.25) is 4.79 Å². The Morgan fingerprint density at radius 2 is 1.84 bits per heavy atom. The number of anilines is 2. The van der Waals surface area contributed by atoms with Crippen molar-refractivity contribution < 1.29 is 4.79 Å². The van der Waals surface area contributed by atoms with Crippen LogP contribution in [0.25, 0.3) is 0 Å². The predicted octanol–water partition coefficient (Wildman–Crippen LogP) is 3.59. The van der Waals surface area contributed by atoms with Gasteiger partial charge in [0.2, 0.25) is 5.91 Å². The zero-order valence-corrected chi connectivity index (χ0v) is 11.8. The number of rotatable bonds is 4. The van der Waals surface area contributed by atoms with Gasteiger partial charge in [-0.2, -0.15) is 0 Å². The van der Waals surface area contributed by atoms with Crippen LogP contribution in [0.15, 0.2) is 24.3 Å². The molecule has 0 radical (unpaired) electrons. The Labute approximate surface area is 115 Å². The topological polar surface area (TPSA) is 46.3 Å². The van der Waals surface area contributed by atoms with Gasteiger partial charge in [-0.05, 0) is 36.6 Å². The van der Waals surface area contributed by atoms with Crippen LogP contribution in [0.5, 0.6) is 0 Å². The van der Waals surface area contributed by atoms with Gasteiger partial charge in [0, 0.05) is 24.8 Å². The molecule has 0 aromatic heterocycles. The van der Waals surface area contributed by atoms with E-state index in [1.54, 1.807) is 4.90 Å². The molecule has 19 heavy (non-hydrogen) atoms. The number of hydrogen-bond acceptors (Lipinski definition) is 2. The van der Waals surface area contributed by atoms with Crippen LogP contribution in [-0.2, 0) is 4.79 Å². The van der Waals surface area contributed by atoms with Gasteiger partial charge in [0.25, 0.3) is 0 Å². The number of amides is 1. The molecule has 0 aliphatic heterocycles. The Morgan fingerprint density at radius 1 is 1.21 bits per heavy atom. The van der Waals surface area contributed by atoms with Crippen LogP contribution in [0.2, 0.25) is 0 Å². The molecule has 0 saturated heterocycles. The highest BCUT2D eigenvalue weighted by Crippen LogP contribution is 2.27. The first-order valence-corrected chi connectivity index (χ1v) is 7.29. The van der Waals surface area contributed by atoms with Crippen molar-refractivity contribution in [2.24, 2.45) is 5.92 Å². The Bertz CT molecular complexity index is 407. The first kappa shape index (κ1) is 13.9. The zero-order valence-electron chi connectivity index (χ0n) is 11.8. The molecule has 1 aromatic rings. The molecule has 3 heteroatoms. The summed E-state index contributed by atoms with van der Waals surface area (Å²) in [5.74, 6) is 0.966. The minimum Gasteiger partial charge on any atom is -0.399 e. The number of carbonyl (C=O) groups excluding carboxylic acids is 1. The van der Waals surface area contributed by atoms with Gasteiger partial charge in [-0.15, -0.1) is 0 Å². The largest absolute Gasteiger partial charge is 0.399 e. The van der Waals surface area contributed by atoms with E-state index in [1.807, 2.05) is 31.3 Å². The predicted molar refractivity (Wildman–Crippen MR) is 80.1 cm³/mol. The molecular weight excluding hydrogens is 236 g/mol. The minimum absolute atomic E-state index is 0.204. The van der Waals surface area contributed by atoms with E-state index in [0.717, 1.165) is 23.7 Å². The number of hydrogen-bond donors (Lipinski definition) is 1. The molecule has 104 valence electrons. The molecule has 3 nitrogen and oxygen atoms in total. The van der Waals surface area contributed by atoms with Crippen molar-refractivity contribution in [3.05, 3.63) is 24.3 Å². The summed E-state index contributed by atoms with van der Waals surface area (Å²) >= 11 is 0. The first-order valence-electron chi connectivity index (χ1n) is 7.29. The molecule has 1 aliphatic rings. The first-order chi connectivity index (χ1) is 9.16.